The Labute approximate surface area is 226 Å². The first kappa shape index (κ1) is 25.7. The van der Waals surface area contributed by atoms with Gasteiger partial charge in [0, 0.05) is 18.4 Å². The number of halogens is 2. The molecule has 2 N–H and O–H groups in total. The number of aromatic nitrogens is 2. The summed E-state index contributed by atoms with van der Waals surface area (Å²) in [4.78, 5) is 5.96. The summed E-state index contributed by atoms with van der Waals surface area (Å²) in [5.41, 5.74) is -0.159. The Kier molecular flexibility index (Phi) is 7.81. The van der Waals surface area contributed by atoms with Crippen molar-refractivity contribution in [1.29, 1.82) is 0 Å². The third-order valence-electron chi connectivity index (χ3n) is 7.16. The van der Waals surface area contributed by atoms with Gasteiger partial charge in [0.1, 0.15) is 12.3 Å². The lowest BCUT2D eigenvalue weighted by molar-refractivity contribution is -0.924. The first-order valence-electron chi connectivity index (χ1n) is 12.6. The Morgan fingerprint density at radius 2 is 1.68 bits per heavy atom. The minimum Gasteiger partial charge on any atom is -0.484 e. The number of piperidine rings is 1. The van der Waals surface area contributed by atoms with Crippen LogP contribution in [0.3, 0.4) is 0 Å². The van der Waals surface area contributed by atoms with E-state index < -0.39 is 5.60 Å². The fraction of sp³-hybridized carbons (Fsp3) is 0.310. The van der Waals surface area contributed by atoms with Crippen LogP contribution < -0.4 is 9.64 Å². The zero-order valence-electron chi connectivity index (χ0n) is 20.6. The molecule has 0 saturated carbocycles. The van der Waals surface area contributed by atoms with E-state index in [4.69, 9.17) is 32.5 Å². The van der Waals surface area contributed by atoms with Crippen LogP contribution in [0.5, 0.6) is 5.75 Å². The molecule has 0 aliphatic carbocycles. The molecule has 1 aliphatic rings. The van der Waals surface area contributed by atoms with E-state index in [0.717, 1.165) is 31.7 Å². The predicted octanol–water partition coefficient (Wildman–Crippen LogP) is 4.92. The van der Waals surface area contributed by atoms with Crippen LogP contribution in [0.2, 0.25) is 10.0 Å². The lowest BCUT2D eigenvalue weighted by Crippen LogP contribution is -3.13. The summed E-state index contributed by atoms with van der Waals surface area (Å²) < 4.78 is 12.0. The highest BCUT2D eigenvalue weighted by Crippen LogP contribution is 2.35. The topological polar surface area (TPSA) is 72.8 Å². The summed E-state index contributed by atoms with van der Waals surface area (Å²) >= 11 is 12.3. The molecule has 3 aromatic carbocycles. The Balaban J connectivity index is 1.35. The monoisotopic (exact) mass is 538 g/mol. The highest BCUT2D eigenvalue weighted by atomic mass is 35.5. The maximum absolute atomic E-state index is 11.9. The average Bonchev–Trinajstić information content (AvgIpc) is 3.40. The molecule has 37 heavy (non-hydrogen) atoms. The molecule has 0 radical (unpaired) electrons. The number of likely N-dealkylation sites (tertiary alicyclic amines) is 1. The molecule has 192 valence electrons. The van der Waals surface area contributed by atoms with E-state index in [1.165, 1.54) is 4.90 Å². The summed E-state index contributed by atoms with van der Waals surface area (Å²) in [6, 6.07) is 24.2. The molecule has 1 saturated heterocycles. The smallest absolute Gasteiger partial charge is 0.281 e. The lowest BCUT2D eigenvalue weighted by atomic mass is 9.85. The highest BCUT2D eigenvalue weighted by molar-refractivity contribution is 6.42. The van der Waals surface area contributed by atoms with Crippen LogP contribution in [-0.2, 0) is 12.1 Å². The van der Waals surface area contributed by atoms with E-state index in [9.17, 15) is 5.11 Å². The Morgan fingerprint density at radius 1 is 1.00 bits per heavy atom. The van der Waals surface area contributed by atoms with Gasteiger partial charge in [-0.2, -0.15) is 4.98 Å². The van der Waals surface area contributed by atoms with Gasteiger partial charge in [0.05, 0.1) is 16.6 Å². The van der Waals surface area contributed by atoms with E-state index in [1.54, 1.807) is 12.1 Å². The number of benzene rings is 3. The van der Waals surface area contributed by atoms with Crippen molar-refractivity contribution < 1.29 is 19.3 Å². The van der Waals surface area contributed by atoms with E-state index in [-0.39, 0.29) is 11.9 Å². The maximum atomic E-state index is 11.9. The number of quaternary nitrogens is 1. The van der Waals surface area contributed by atoms with Crippen LogP contribution >= 0.6 is 23.2 Å². The number of hydrogen-bond donors (Lipinski definition) is 2. The number of ether oxygens (including phenoxy) is 1. The van der Waals surface area contributed by atoms with Gasteiger partial charge in [0.15, 0.2) is 18.2 Å². The molecule has 3 unspecified atom stereocenters. The standard InChI is InChI=1S/C29H29Cl2N3O3/c1-2-20-15-16-34(18-26(20)36-23-13-14-24(30)25(31)17-23)19-27-32-28(33-37-27)29(35,21-9-5-3-6-10-21)22-11-7-4-8-12-22/h3-14,17,20,26,35H,2,15-16,18-19H2,1H3/p+1. The quantitative estimate of drug-likeness (QED) is 0.333. The molecule has 3 atom stereocenters. The SMILES string of the molecule is CCC1CC[NH+](Cc2nc(C(O)(c3ccccc3)c3ccccc3)no2)CC1Oc1ccc(Cl)c(Cl)c1. The first-order chi connectivity index (χ1) is 18.0. The molecule has 1 aromatic heterocycles. The van der Waals surface area contributed by atoms with E-state index in [2.05, 4.69) is 17.1 Å². The van der Waals surface area contributed by atoms with E-state index >= 15 is 0 Å². The molecule has 8 heteroatoms. The molecular weight excluding hydrogens is 509 g/mol. The fourth-order valence-electron chi connectivity index (χ4n) is 5.09. The number of aliphatic hydroxyl groups is 1. The van der Waals surface area contributed by atoms with Gasteiger partial charge in [0.2, 0.25) is 5.82 Å². The molecule has 0 spiro atoms. The van der Waals surface area contributed by atoms with Gasteiger partial charge < -0.3 is 19.3 Å². The van der Waals surface area contributed by atoms with Crippen molar-refractivity contribution in [2.75, 3.05) is 13.1 Å². The minimum absolute atomic E-state index is 0.0268. The summed E-state index contributed by atoms with van der Waals surface area (Å²) in [7, 11) is 0. The second-order valence-corrected chi connectivity index (χ2v) is 10.3. The second-order valence-electron chi connectivity index (χ2n) is 9.52. The zero-order chi connectivity index (χ0) is 25.8. The summed E-state index contributed by atoms with van der Waals surface area (Å²) in [5, 5.41) is 17.2. The van der Waals surface area contributed by atoms with Crippen molar-refractivity contribution in [3.8, 4) is 5.75 Å². The summed E-state index contributed by atoms with van der Waals surface area (Å²) in [5.74, 6) is 1.87. The van der Waals surface area contributed by atoms with Crippen LogP contribution in [0, 0.1) is 5.92 Å². The van der Waals surface area contributed by atoms with Crippen molar-refractivity contribution in [3.63, 3.8) is 0 Å². The summed E-state index contributed by atoms with van der Waals surface area (Å²) in [6.07, 6.45) is 2.08. The third kappa shape index (κ3) is 5.53. The van der Waals surface area contributed by atoms with Crippen LogP contribution in [-0.4, -0.2) is 34.4 Å². The molecule has 4 aromatic rings. The first-order valence-corrected chi connectivity index (χ1v) is 13.3. The molecular formula is C29H30Cl2N3O3+. The Hall–Kier alpha value is -2.90. The van der Waals surface area contributed by atoms with Gasteiger partial charge >= 0.3 is 0 Å². The van der Waals surface area contributed by atoms with Crippen molar-refractivity contribution in [1.82, 2.24) is 10.1 Å². The highest BCUT2D eigenvalue weighted by Gasteiger charge is 2.40. The predicted molar refractivity (Wildman–Crippen MR) is 143 cm³/mol. The molecule has 1 fully saturated rings. The van der Waals surface area contributed by atoms with E-state index in [1.807, 2.05) is 66.7 Å². The Bertz CT molecular complexity index is 1280. The Morgan fingerprint density at radius 3 is 2.30 bits per heavy atom. The number of rotatable bonds is 8. The van der Waals surface area contributed by atoms with Crippen LogP contribution in [0.1, 0.15) is 42.6 Å². The molecule has 6 nitrogen and oxygen atoms in total. The van der Waals surface area contributed by atoms with Crippen molar-refractivity contribution in [2.45, 2.75) is 38.0 Å². The van der Waals surface area contributed by atoms with Gasteiger partial charge in [0.25, 0.3) is 5.89 Å². The molecule has 1 aliphatic heterocycles. The maximum Gasteiger partial charge on any atom is 0.281 e. The van der Waals surface area contributed by atoms with Crippen LogP contribution in [0.4, 0.5) is 0 Å². The molecule has 5 rings (SSSR count). The van der Waals surface area contributed by atoms with Crippen LogP contribution in [0.15, 0.2) is 83.4 Å². The molecule has 2 heterocycles. The largest absolute Gasteiger partial charge is 0.484 e. The average molecular weight is 539 g/mol. The molecule has 0 amide bonds. The zero-order valence-corrected chi connectivity index (χ0v) is 22.1. The van der Waals surface area contributed by atoms with Crippen LogP contribution in [0.25, 0.3) is 0 Å². The second kappa shape index (κ2) is 11.2. The van der Waals surface area contributed by atoms with Crippen molar-refractivity contribution in [3.05, 3.63) is 112 Å². The fourth-order valence-corrected chi connectivity index (χ4v) is 5.38. The van der Waals surface area contributed by atoms with Gasteiger partial charge in [-0.15, -0.1) is 0 Å². The number of nitrogens with zero attached hydrogens (tertiary/aromatic N) is 2. The van der Waals surface area contributed by atoms with Crippen molar-refractivity contribution in [2.24, 2.45) is 5.92 Å². The third-order valence-corrected chi connectivity index (χ3v) is 7.90. The summed E-state index contributed by atoms with van der Waals surface area (Å²) in [6.45, 7) is 4.50. The van der Waals surface area contributed by atoms with E-state index in [0.29, 0.717) is 39.5 Å². The molecule has 0 bridgehead atoms. The number of nitrogens with one attached hydrogen (secondary N) is 1. The number of hydrogen-bond acceptors (Lipinski definition) is 5. The normalized spacial score (nSPS) is 20.1. The van der Waals surface area contributed by atoms with Gasteiger partial charge in [-0.1, -0.05) is 95.9 Å². The van der Waals surface area contributed by atoms with Gasteiger partial charge in [-0.25, -0.2) is 0 Å². The van der Waals surface area contributed by atoms with Gasteiger partial charge in [-0.05, 0) is 29.7 Å². The lowest BCUT2D eigenvalue weighted by Gasteiger charge is -2.35. The van der Waals surface area contributed by atoms with Gasteiger partial charge in [-0.3, -0.25) is 0 Å². The van der Waals surface area contributed by atoms with Crippen molar-refractivity contribution >= 4 is 23.2 Å². The minimum atomic E-state index is -1.52.